The molecule has 1 N–H and O–H groups in total. The predicted octanol–water partition coefficient (Wildman–Crippen LogP) is 2.18. The van der Waals surface area contributed by atoms with Crippen LogP contribution in [0.1, 0.15) is 0 Å². The summed E-state index contributed by atoms with van der Waals surface area (Å²) in [7, 11) is 0. The number of H-pyrrole nitrogens is 1. The van der Waals surface area contributed by atoms with E-state index >= 15 is 0 Å². The number of hydrogen-bond donors (Lipinski definition) is 1. The van der Waals surface area contributed by atoms with Gasteiger partial charge in [-0.1, -0.05) is 30.3 Å². The van der Waals surface area contributed by atoms with Crippen LogP contribution in [0.15, 0.2) is 47.4 Å². The molecule has 0 bridgehead atoms. The van der Waals surface area contributed by atoms with Crippen molar-refractivity contribution in [3.8, 4) is 11.1 Å². The molecule has 0 amide bonds. The zero-order valence-corrected chi connectivity index (χ0v) is 7.33. The molecule has 0 saturated heterocycles. The summed E-state index contributed by atoms with van der Waals surface area (Å²) in [5, 5.41) is 0. The standard InChI is InChI=1S/C11H8FNO/c12-10-9(6-7-13-11(10)14)8-4-2-1-3-5-8/h1-7H,(H,13,14). The number of pyridine rings is 1. The third-order valence-electron chi connectivity index (χ3n) is 1.99. The molecule has 2 aromatic rings. The highest BCUT2D eigenvalue weighted by atomic mass is 19.1. The highest BCUT2D eigenvalue weighted by molar-refractivity contribution is 5.63. The van der Waals surface area contributed by atoms with E-state index in [1.807, 2.05) is 6.07 Å². The van der Waals surface area contributed by atoms with Crippen molar-refractivity contribution < 1.29 is 4.39 Å². The number of hydrogen-bond acceptors (Lipinski definition) is 1. The van der Waals surface area contributed by atoms with Gasteiger partial charge in [-0.15, -0.1) is 0 Å². The molecule has 0 unspecified atom stereocenters. The molecule has 1 heterocycles. The van der Waals surface area contributed by atoms with Crippen LogP contribution in [0, 0.1) is 5.82 Å². The Balaban J connectivity index is 2.64. The third-order valence-corrected chi connectivity index (χ3v) is 1.99. The zero-order chi connectivity index (χ0) is 9.97. The number of nitrogens with one attached hydrogen (secondary N) is 1. The molecule has 0 aliphatic heterocycles. The van der Waals surface area contributed by atoms with Crippen LogP contribution >= 0.6 is 0 Å². The van der Waals surface area contributed by atoms with Gasteiger partial charge in [-0.25, -0.2) is 4.39 Å². The summed E-state index contributed by atoms with van der Waals surface area (Å²) in [5.41, 5.74) is 0.344. The number of benzene rings is 1. The van der Waals surface area contributed by atoms with Gasteiger partial charge in [-0.05, 0) is 11.6 Å². The Morgan fingerprint density at radius 2 is 1.79 bits per heavy atom. The van der Waals surface area contributed by atoms with E-state index in [0.29, 0.717) is 11.1 Å². The minimum atomic E-state index is -0.737. The molecule has 0 saturated carbocycles. The van der Waals surface area contributed by atoms with Gasteiger partial charge >= 0.3 is 0 Å². The van der Waals surface area contributed by atoms with Crippen LogP contribution in [-0.4, -0.2) is 4.98 Å². The van der Waals surface area contributed by atoms with Crippen LogP contribution < -0.4 is 5.56 Å². The van der Waals surface area contributed by atoms with Crippen LogP contribution in [0.4, 0.5) is 4.39 Å². The second-order valence-corrected chi connectivity index (χ2v) is 2.90. The SMILES string of the molecule is O=c1[nH]ccc(-c2ccccc2)c1F. The van der Waals surface area contributed by atoms with Gasteiger partial charge in [-0.3, -0.25) is 4.79 Å². The largest absolute Gasteiger partial charge is 0.327 e. The average molecular weight is 189 g/mol. The van der Waals surface area contributed by atoms with E-state index < -0.39 is 11.4 Å². The Morgan fingerprint density at radius 1 is 1.07 bits per heavy atom. The summed E-state index contributed by atoms with van der Waals surface area (Å²) in [6.07, 6.45) is 1.44. The molecule has 1 aromatic carbocycles. The summed E-state index contributed by atoms with van der Waals surface area (Å²) in [6, 6.07) is 10.5. The molecule has 2 nitrogen and oxygen atoms in total. The lowest BCUT2D eigenvalue weighted by atomic mass is 10.1. The Kier molecular flexibility index (Phi) is 2.14. The first kappa shape index (κ1) is 8.69. The van der Waals surface area contributed by atoms with Gasteiger partial charge in [0.15, 0.2) is 5.82 Å². The summed E-state index contributed by atoms with van der Waals surface area (Å²) < 4.78 is 13.3. The van der Waals surface area contributed by atoms with Crippen molar-refractivity contribution in [2.24, 2.45) is 0 Å². The van der Waals surface area contributed by atoms with Crippen LogP contribution in [0.3, 0.4) is 0 Å². The predicted molar refractivity (Wildman–Crippen MR) is 52.5 cm³/mol. The van der Waals surface area contributed by atoms with Gasteiger partial charge in [0, 0.05) is 11.8 Å². The van der Waals surface area contributed by atoms with Crippen LogP contribution in [0.25, 0.3) is 11.1 Å². The fraction of sp³-hybridized carbons (Fsp3) is 0. The first-order valence-corrected chi connectivity index (χ1v) is 4.21. The fourth-order valence-electron chi connectivity index (χ4n) is 1.30. The van der Waals surface area contributed by atoms with Crippen LogP contribution in [0.2, 0.25) is 0 Å². The zero-order valence-electron chi connectivity index (χ0n) is 7.33. The first-order valence-electron chi connectivity index (χ1n) is 4.21. The minimum Gasteiger partial charge on any atom is -0.327 e. The van der Waals surface area contributed by atoms with E-state index in [9.17, 15) is 9.18 Å². The van der Waals surface area contributed by atoms with E-state index in [4.69, 9.17) is 0 Å². The number of rotatable bonds is 1. The highest BCUT2D eigenvalue weighted by Crippen LogP contribution is 2.18. The highest BCUT2D eigenvalue weighted by Gasteiger charge is 2.06. The van der Waals surface area contributed by atoms with Gasteiger partial charge in [0.25, 0.3) is 5.56 Å². The van der Waals surface area contributed by atoms with Gasteiger partial charge in [0.05, 0.1) is 0 Å². The normalized spacial score (nSPS) is 10.1. The molecule has 0 radical (unpaired) electrons. The van der Waals surface area contributed by atoms with Crippen molar-refractivity contribution in [3.63, 3.8) is 0 Å². The van der Waals surface area contributed by atoms with E-state index in [0.717, 1.165) is 0 Å². The summed E-state index contributed by atoms with van der Waals surface area (Å²) in [4.78, 5) is 13.3. The monoisotopic (exact) mass is 189 g/mol. The lowest BCUT2D eigenvalue weighted by Gasteiger charge is -2.00. The topological polar surface area (TPSA) is 32.9 Å². The number of aromatic nitrogens is 1. The molecule has 0 spiro atoms. The molecule has 0 aliphatic carbocycles. The van der Waals surface area contributed by atoms with Crippen LogP contribution in [0.5, 0.6) is 0 Å². The van der Waals surface area contributed by atoms with Gasteiger partial charge in [0.1, 0.15) is 0 Å². The van der Waals surface area contributed by atoms with Crippen molar-refractivity contribution in [1.29, 1.82) is 0 Å². The Labute approximate surface area is 80.0 Å². The lowest BCUT2D eigenvalue weighted by Crippen LogP contribution is -2.10. The van der Waals surface area contributed by atoms with E-state index in [2.05, 4.69) is 4.98 Å². The molecule has 0 fully saturated rings. The Bertz CT molecular complexity index is 490. The summed E-state index contributed by atoms with van der Waals surface area (Å²) >= 11 is 0. The van der Waals surface area contributed by atoms with E-state index in [1.54, 1.807) is 30.3 Å². The average Bonchev–Trinajstić information content (AvgIpc) is 2.23. The summed E-state index contributed by atoms with van der Waals surface area (Å²) in [6.45, 7) is 0. The number of halogens is 1. The maximum absolute atomic E-state index is 13.3. The molecule has 70 valence electrons. The van der Waals surface area contributed by atoms with Crippen molar-refractivity contribution in [2.75, 3.05) is 0 Å². The molecule has 3 heteroatoms. The van der Waals surface area contributed by atoms with Crippen molar-refractivity contribution in [1.82, 2.24) is 4.98 Å². The molecular formula is C11H8FNO. The molecule has 1 aromatic heterocycles. The van der Waals surface area contributed by atoms with E-state index in [1.165, 1.54) is 6.20 Å². The molecule has 2 rings (SSSR count). The fourth-order valence-corrected chi connectivity index (χ4v) is 1.30. The van der Waals surface area contributed by atoms with Crippen molar-refractivity contribution >= 4 is 0 Å². The van der Waals surface area contributed by atoms with Gasteiger partial charge in [-0.2, -0.15) is 0 Å². The Hall–Kier alpha value is -1.90. The molecule has 14 heavy (non-hydrogen) atoms. The molecule has 0 aliphatic rings. The summed E-state index contributed by atoms with van der Waals surface area (Å²) in [5.74, 6) is -0.737. The van der Waals surface area contributed by atoms with Crippen molar-refractivity contribution in [2.45, 2.75) is 0 Å². The van der Waals surface area contributed by atoms with Crippen molar-refractivity contribution in [3.05, 3.63) is 58.8 Å². The second kappa shape index (κ2) is 3.46. The van der Waals surface area contributed by atoms with Gasteiger partial charge < -0.3 is 4.98 Å². The second-order valence-electron chi connectivity index (χ2n) is 2.90. The lowest BCUT2D eigenvalue weighted by molar-refractivity contribution is 0.612. The first-order chi connectivity index (χ1) is 6.79. The molecular weight excluding hydrogens is 181 g/mol. The molecule has 0 atom stereocenters. The maximum Gasteiger partial charge on any atom is 0.284 e. The third kappa shape index (κ3) is 1.44. The van der Waals surface area contributed by atoms with Crippen LogP contribution in [-0.2, 0) is 0 Å². The maximum atomic E-state index is 13.3. The smallest absolute Gasteiger partial charge is 0.284 e. The number of aromatic amines is 1. The Morgan fingerprint density at radius 3 is 2.50 bits per heavy atom. The minimum absolute atomic E-state index is 0.328. The van der Waals surface area contributed by atoms with Gasteiger partial charge in [0.2, 0.25) is 0 Å². The quantitative estimate of drug-likeness (QED) is 0.732. The van der Waals surface area contributed by atoms with E-state index in [-0.39, 0.29) is 0 Å².